The van der Waals surface area contributed by atoms with Crippen molar-refractivity contribution in [2.24, 2.45) is 18.9 Å². The molecule has 2 aliphatic rings. The second-order valence-electron chi connectivity index (χ2n) is 5.59. The monoisotopic (exact) mass is 299 g/mol. The maximum Gasteiger partial charge on any atom is 0.322 e. The van der Waals surface area contributed by atoms with Gasteiger partial charge in [0.1, 0.15) is 6.04 Å². The molecule has 0 spiro atoms. The van der Waals surface area contributed by atoms with Crippen LogP contribution in [-0.4, -0.2) is 45.9 Å². The van der Waals surface area contributed by atoms with Gasteiger partial charge in [-0.15, -0.1) is 0 Å². The van der Waals surface area contributed by atoms with Crippen LogP contribution in [0.5, 0.6) is 0 Å². The van der Waals surface area contributed by atoms with Crippen LogP contribution < -0.4 is 0 Å². The number of hydrogen-bond acceptors (Lipinski definition) is 4. The van der Waals surface area contributed by atoms with Crippen LogP contribution in [0.25, 0.3) is 0 Å². The first kappa shape index (κ1) is 13.6. The van der Waals surface area contributed by atoms with Gasteiger partial charge < -0.3 is 9.67 Å². The molecular weight excluding hydrogens is 282 g/mol. The largest absolute Gasteiger partial charge is 0.480 e. The van der Waals surface area contributed by atoms with E-state index in [9.17, 15) is 18.3 Å². The third-order valence-electron chi connectivity index (χ3n) is 4.36. The number of aliphatic carboxylic acids is 1. The quantitative estimate of drug-likeness (QED) is 0.866. The molecule has 1 aliphatic carbocycles. The summed E-state index contributed by atoms with van der Waals surface area (Å²) in [6, 6.07) is -0.950. The molecule has 1 aliphatic heterocycles. The van der Waals surface area contributed by atoms with E-state index in [0.29, 0.717) is 6.54 Å². The van der Waals surface area contributed by atoms with Crippen LogP contribution in [0.4, 0.5) is 0 Å². The van der Waals surface area contributed by atoms with Gasteiger partial charge in [0, 0.05) is 19.8 Å². The fourth-order valence-electron chi connectivity index (χ4n) is 3.46. The zero-order valence-electron chi connectivity index (χ0n) is 11.1. The predicted octanol–water partition coefficient (Wildman–Crippen LogP) is 0.294. The molecule has 8 heteroatoms. The maximum absolute atomic E-state index is 12.6. The molecule has 3 atom stereocenters. The Morgan fingerprint density at radius 3 is 2.80 bits per heavy atom. The number of rotatable bonds is 3. The summed E-state index contributed by atoms with van der Waals surface area (Å²) in [6.45, 7) is 0.292. The first-order valence-corrected chi connectivity index (χ1v) is 8.08. The van der Waals surface area contributed by atoms with Gasteiger partial charge in [-0.25, -0.2) is 13.4 Å². The Labute approximate surface area is 117 Å². The molecule has 7 nitrogen and oxygen atoms in total. The molecule has 20 heavy (non-hydrogen) atoms. The minimum absolute atomic E-state index is 0.0639. The van der Waals surface area contributed by atoms with Crippen molar-refractivity contribution < 1.29 is 18.3 Å². The predicted molar refractivity (Wildman–Crippen MR) is 69.4 cm³/mol. The summed E-state index contributed by atoms with van der Waals surface area (Å²) in [5.74, 6) is -0.959. The van der Waals surface area contributed by atoms with Gasteiger partial charge in [-0.05, 0) is 24.7 Å². The van der Waals surface area contributed by atoms with Crippen molar-refractivity contribution in [3.63, 3.8) is 0 Å². The van der Waals surface area contributed by atoms with Crippen LogP contribution in [0.3, 0.4) is 0 Å². The van der Waals surface area contributed by atoms with E-state index >= 15 is 0 Å². The average molecular weight is 299 g/mol. The summed E-state index contributed by atoms with van der Waals surface area (Å²) in [4.78, 5) is 15.4. The van der Waals surface area contributed by atoms with Crippen LogP contribution in [0.2, 0.25) is 0 Å². The highest BCUT2D eigenvalue weighted by atomic mass is 32.2. The fraction of sp³-hybridized carbons (Fsp3) is 0.667. The number of fused-ring (bicyclic) bond motifs is 1. The van der Waals surface area contributed by atoms with E-state index < -0.39 is 22.0 Å². The summed E-state index contributed by atoms with van der Waals surface area (Å²) in [5, 5.41) is 9.34. The number of hydrogen-bond donors (Lipinski definition) is 1. The lowest BCUT2D eigenvalue weighted by molar-refractivity contribution is -0.142. The Morgan fingerprint density at radius 2 is 2.20 bits per heavy atom. The topological polar surface area (TPSA) is 92.5 Å². The minimum atomic E-state index is -3.83. The normalized spacial score (nSPS) is 30.6. The zero-order valence-corrected chi connectivity index (χ0v) is 12.0. The maximum atomic E-state index is 12.6. The van der Waals surface area contributed by atoms with Crippen LogP contribution >= 0.6 is 0 Å². The molecule has 3 unspecified atom stereocenters. The molecule has 2 heterocycles. The van der Waals surface area contributed by atoms with Gasteiger partial charge >= 0.3 is 5.97 Å². The van der Waals surface area contributed by atoms with Gasteiger partial charge in [0.05, 0.1) is 6.33 Å². The fourth-order valence-corrected chi connectivity index (χ4v) is 5.12. The van der Waals surface area contributed by atoms with E-state index in [4.69, 9.17) is 0 Å². The van der Waals surface area contributed by atoms with Crippen LogP contribution in [0.1, 0.15) is 19.3 Å². The SMILES string of the molecule is Cn1cnc(S(=O)(=O)N2CC3CCCC3C2C(=O)O)c1. The smallest absolute Gasteiger partial charge is 0.322 e. The molecule has 1 aromatic rings. The van der Waals surface area contributed by atoms with E-state index in [1.807, 2.05) is 0 Å². The molecular formula is C12H17N3O4S. The van der Waals surface area contributed by atoms with Gasteiger partial charge in [0.25, 0.3) is 10.0 Å². The van der Waals surface area contributed by atoms with Crippen LogP contribution in [0.15, 0.2) is 17.6 Å². The Bertz CT molecular complexity index is 639. The van der Waals surface area contributed by atoms with Crippen molar-refractivity contribution in [3.05, 3.63) is 12.5 Å². The van der Waals surface area contributed by atoms with Crippen LogP contribution in [-0.2, 0) is 21.9 Å². The van der Waals surface area contributed by atoms with Gasteiger partial charge in [-0.1, -0.05) is 6.42 Å². The van der Waals surface area contributed by atoms with E-state index in [2.05, 4.69) is 4.98 Å². The molecule has 1 saturated carbocycles. The zero-order chi connectivity index (χ0) is 14.5. The second-order valence-corrected chi connectivity index (χ2v) is 7.43. The van der Waals surface area contributed by atoms with Gasteiger partial charge in [0.2, 0.25) is 0 Å². The van der Waals surface area contributed by atoms with E-state index in [1.165, 1.54) is 12.5 Å². The third-order valence-corrected chi connectivity index (χ3v) is 6.09. The van der Waals surface area contributed by atoms with Gasteiger partial charge in [-0.2, -0.15) is 4.31 Å². The Balaban J connectivity index is 1.98. The molecule has 2 fully saturated rings. The first-order chi connectivity index (χ1) is 9.41. The van der Waals surface area contributed by atoms with Crippen molar-refractivity contribution in [1.29, 1.82) is 0 Å². The number of imidazole rings is 1. The molecule has 0 radical (unpaired) electrons. The number of aryl methyl sites for hydroxylation is 1. The average Bonchev–Trinajstić information content (AvgIpc) is 3.00. The molecule has 110 valence electrons. The Kier molecular flexibility index (Phi) is 3.09. The van der Waals surface area contributed by atoms with Gasteiger partial charge in [0.15, 0.2) is 5.03 Å². The van der Waals surface area contributed by atoms with Crippen molar-refractivity contribution in [1.82, 2.24) is 13.9 Å². The molecule has 0 bridgehead atoms. The number of carbonyl (C=O) groups is 1. The summed E-state index contributed by atoms with van der Waals surface area (Å²) in [5.41, 5.74) is 0. The molecule has 1 N–H and O–H groups in total. The third kappa shape index (κ3) is 1.94. The molecule has 1 aromatic heterocycles. The highest BCUT2D eigenvalue weighted by Crippen LogP contribution is 2.44. The molecule has 0 aromatic carbocycles. The lowest BCUT2D eigenvalue weighted by atomic mass is 9.94. The number of aromatic nitrogens is 2. The Hall–Kier alpha value is -1.41. The van der Waals surface area contributed by atoms with E-state index in [-0.39, 0.29) is 16.9 Å². The number of carboxylic acids is 1. The number of carboxylic acid groups (broad SMARTS) is 1. The van der Waals surface area contributed by atoms with E-state index in [1.54, 1.807) is 11.6 Å². The van der Waals surface area contributed by atoms with Gasteiger partial charge in [-0.3, -0.25) is 4.79 Å². The standard InChI is InChI=1S/C12H17N3O4S/c1-14-6-10(13-7-14)20(18,19)15-5-8-3-2-4-9(8)11(15)12(16)17/h6-9,11H,2-5H2,1H3,(H,16,17). The minimum Gasteiger partial charge on any atom is -0.480 e. The van der Waals surface area contributed by atoms with Crippen molar-refractivity contribution in [2.45, 2.75) is 30.3 Å². The lowest BCUT2D eigenvalue weighted by Gasteiger charge is -2.22. The summed E-state index contributed by atoms with van der Waals surface area (Å²) < 4.78 is 27.8. The molecule has 0 amide bonds. The highest BCUT2D eigenvalue weighted by molar-refractivity contribution is 7.89. The number of nitrogens with zero attached hydrogens (tertiary/aromatic N) is 3. The number of sulfonamides is 1. The molecule has 3 rings (SSSR count). The highest BCUT2D eigenvalue weighted by Gasteiger charge is 2.52. The van der Waals surface area contributed by atoms with E-state index in [0.717, 1.165) is 23.6 Å². The second kappa shape index (κ2) is 4.56. The summed E-state index contributed by atoms with van der Waals surface area (Å²) in [6.07, 6.45) is 5.48. The van der Waals surface area contributed by atoms with Crippen molar-refractivity contribution in [3.8, 4) is 0 Å². The lowest BCUT2D eigenvalue weighted by Crippen LogP contribution is -2.43. The summed E-state index contributed by atoms with van der Waals surface area (Å²) >= 11 is 0. The van der Waals surface area contributed by atoms with Crippen LogP contribution in [0, 0.1) is 11.8 Å². The molecule has 1 saturated heterocycles. The first-order valence-electron chi connectivity index (χ1n) is 6.64. The Morgan fingerprint density at radius 1 is 1.45 bits per heavy atom. The van der Waals surface area contributed by atoms with Crippen molar-refractivity contribution in [2.75, 3.05) is 6.54 Å². The summed E-state index contributed by atoms with van der Waals surface area (Å²) in [7, 11) is -2.15. The van der Waals surface area contributed by atoms with Crippen molar-refractivity contribution >= 4 is 16.0 Å².